The van der Waals surface area contributed by atoms with Gasteiger partial charge in [0, 0.05) is 20.2 Å². The molecule has 1 N–H and O–H groups in total. The summed E-state index contributed by atoms with van der Waals surface area (Å²) in [7, 11) is 1.54. The minimum atomic E-state index is -0.407. The van der Waals surface area contributed by atoms with Crippen LogP contribution in [0.1, 0.15) is 42.6 Å². The SMILES string of the molecule is CCCC(O)c1ccc2c(c1)CN(C(=O)COC)CC2. The quantitative estimate of drug-likeness (QED) is 0.896. The molecular weight excluding hydrogens is 254 g/mol. The minimum Gasteiger partial charge on any atom is -0.388 e. The lowest BCUT2D eigenvalue weighted by Gasteiger charge is -2.29. The third-order valence-electron chi connectivity index (χ3n) is 3.81. The summed E-state index contributed by atoms with van der Waals surface area (Å²) in [5.41, 5.74) is 3.37. The number of hydrogen-bond acceptors (Lipinski definition) is 3. The molecule has 0 aliphatic carbocycles. The maximum atomic E-state index is 11.9. The van der Waals surface area contributed by atoms with E-state index in [9.17, 15) is 9.90 Å². The highest BCUT2D eigenvalue weighted by molar-refractivity contribution is 5.77. The van der Waals surface area contributed by atoms with Gasteiger partial charge in [0.05, 0.1) is 6.10 Å². The third kappa shape index (κ3) is 3.38. The van der Waals surface area contributed by atoms with E-state index in [4.69, 9.17) is 4.74 Å². The Morgan fingerprint density at radius 2 is 2.25 bits per heavy atom. The zero-order valence-electron chi connectivity index (χ0n) is 12.3. The molecule has 0 saturated carbocycles. The van der Waals surface area contributed by atoms with Crippen LogP contribution in [0.4, 0.5) is 0 Å². The fourth-order valence-electron chi connectivity index (χ4n) is 2.65. The van der Waals surface area contributed by atoms with Crippen molar-refractivity contribution < 1.29 is 14.6 Å². The Balaban J connectivity index is 2.13. The number of rotatable bonds is 5. The average Bonchev–Trinajstić information content (AvgIpc) is 2.46. The molecule has 1 amide bonds. The molecule has 0 radical (unpaired) electrons. The lowest BCUT2D eigenvalue weighted by molar-refractivity contribution is -0.136. The molecule has 1 unspecified atom stereocenters. The molecule has 2 rings (SSSR count). The Morgan fingerprint density at radius 3 is 2.95 bits per heavy atom. The zero-order valence-corrected chi connectivity index (χ0v) is 12.3. The number of fused-ring (bicyclic) bond motifs is 1. The Bertz CT molecular complexity index is 473. The average molecular weight is 277 g/mol. The summed E-state index contributed by atoms with van der Waals surface area (Å²) < 4.78 is 4.91. The predicted molar refractivity (Wildman–Crippen MR) is 77.3 cm³/mol. The normalized spacial score (nSPS) is 15.8. The van der Waals surface area contributed by atoms with Gasteiger partial charge in [-0.25, -0.2) is 0 Å². The van der Waals surface area contributed by atoms with E-state index in [0.29, 0.717) is 6.54 Å². The molecule has 110 valence electrons. The van der Waals surface area contributed by atoms with Gasteiger partial charge >= 0.3 is 0 Å². The van der Waals surface area contributed by atoms with Crippen LogP contribution in [-0.4, -0.2) is 36.2 Å². The van der Waals surface area contributed by atoms with Crippen LogP contribution in [-0.2, 0) is 22.5 Å². The minimum absolute atomic E-state index is 0.0256. The smallest absolute Gasteiger partial charge is 0.248 e. The van der Waals surface area contributed by atoms with E-state index < -0.39 is 6.10 Å². The molecule has 0 saturated heterocycles. The molecule has 0 fully saturated rings. The number of carbonyl (C=O) groups excluding carboxylic acids is 1. The predicted octanol–water partition coefficient (Wildman–Crippen LogP) is 2.05. The van der Waals surface area contributed by atoms with Gasteiger partial charge in [-0.3, -0.25) is 4.79 Å². The molecule has 4 heteroatoms. The number of hydrogen-bond donors (Lipinski definition) is 1. The first-order chi connectivity index (χ1) is 9.65. The number of amides is 1. The molecule has 1 atom stereocenters. The Morgan fingerprint density at radius 1 is 1.45 bits per heavy atom. The van der Waals surface area contributed by atoms with Crippen molar-refractivity contribution in [3.63, 3.8) is 0 Å². The van der Waals surface area contributed by atoms with Gasteiger partial charge in [-0.2, -0.15) is 0 Å². The first kappa shape index (κ1) is 15.0. The molecule has 1 aliphatic rings. The third-order valence-corrected chi connectivity index (χ3v) is 3.81. The monoisotopic (exact) mass is 277 g/mol. The molecule has 0 aromatic heterocycles. The summed E-state index contributed by atoms with van der Waals surface area (Å²) >= 11 is 0. The standard InChI is InChI=1S/C16H23NO3/c1-3-4-15(18)13-6-5-12-7-8-17(10-14(12)9-13)16(19)11-20-2/h5-6,9,15,18H,3-4,7-8,10-11H2,1-2H3. The lowest BCUT2D eigenvalue weighted by atomic mass is 9.94. The van der Waals surface area contributed by atoms with E-state index in [1.54, 1.807) is 0 Å². The van der Waals surface area contributed by atoms with Crippen molar-refractivity contribution >= 4 is 5.91 Å². The van der Waals surface area contributed by atoms with Crippen LogP contribution in [0.25, 0.3) is 0 Å². The van der Waals surface area contributed by atoms with Crippen LogP contribution in [0.2, 0.25) is 0 Å². The summed E-state index contributed by atoms with van der Waals surface area (Å²) in [5.74, 6) is 0.0256. The molecule has 0 bridgehead atoms. The van der Waals surface area contributed by atoms with Crippen LogP contribution in [0.5, 0.6) is 0 Å². The van der Waals surface area contributed by atoms with Crippen molar-refractivity contribution in [2.75, 3.05) is 20.3 Å². The molecule has 1 aromatic rings. The Hall–Kier alpha value is -1.39. The number of nitrogens with zero attached hydrogens (tertiary/aromatic N) is 1. The van der Waals surface area contributed by atoms with Gasteiger partial charge in [0.2, 0.25) is 5.91 Å². The molecule has 0 spiro atoms. The highest BCUT2D eigenvalue weighted by Crippen LogP contribution is 2.25. The molecule has 20 heavy (non-hydrogen) atoms. The van der Waals surface area contributed by atoms with E-state index in [1.165, 1.54) is 12.7 Å². The van der Waals surface area contributed by atoms with Crippen molar-refractivity contribution in [1.29, 1.82) is 0 Å². The highest BCUT2D eigenvalue weighted by Gasteiger charge is 2.21. The number of benzene rings is 1. The Kier molecular flexibility index (Phi) is 5.15. The second-order valence-corrected chi connectivity index (χ2v) is 5.33. The van der Waals surface area contributed by atoms with Crippen molar-refractivity contribution in [2.24, 2.45) is 0 Å². The number of aliphatic hydroxyl groups excluding tert-OH is 1. The summed E-state index contributed by atoms with van der Waals surface area (Å²) in [4.78, 5) is 13.7. The van der Waals surface area contributed by atoms with Gasteiger partial charge in [0.1, 0.15) is 6.61 Å². The van der Waals surface area contributed by atoms with Gasteiger partial charge in [0.25, 0.3) is 0 Å². The molecular formula is C16H23NO3. The van der Waals surface area contributed by atoms with Crippen molar-refractivity contribution in [2.45, 2.75) is 38.8 Å². The van der Waals surface area contributed by atoms with Crippen LogP contribution < -0.4 is 0 Å². The number of aliphatic hydroxyl groups is 1. The second kappa shape index (κ2) is 6.86. The molecule has 1 heterocycles. The fraction of sp³-hybridized carbons (Fsp3) is 0.562. The van der Waals surface area contributed by atoms with Gasteiger partial charge in [0.15, 0.2) is 0 Å². The van der Waals surface area contributed by atoms with Gasteiger partial charge < -0.3 is 14.7 Å². The van der Waals surface area contributed by atoms with E-state index >= 15 is 0 Å². The van der Waals surface area contributed by atoms with E-state index in [0.717, 1.165) is 36.9 Å². The molecule has 1 aromatic carbocycles. The molecule has 4 nitrogen and oxygen atoms in total. The van der Waals surface area contributed by atoms with E-state index in [2.05, 4.69) is 13.0 Å². The van der Waals surface area contributed by atoms with Crippen LogP contribution in [0.15, 0.2) is 18.2 Å². The summed E-state index contributed by atoms with van der Waals surface area (Å²) in [6.07, 6.45) is 2.19. The van der Waals surface area contributed by atoms with Crippen molar-refractivity contribution in [3.8, 4) is 0 Å². The largest absolute Gasteiger partial charge is 0.388 e. The second-order valence-electron chi connectivity index (χ2n) is 5.33. The van der Waals surface area contributed by atoms with Crippen LogP contribution >= 0.6 is 0 Å². The van der Waals surface area contributed by atoms with Crippen molar-refractivity contribution in [3.05, 3.63) is 34.9 Å². The van der Waals surface area contributed by atoms with E-state index in [1.807, 2.05) is 17.0 Å². The van der Waals surface area contributed by atoms with E-state index in [-0.39, 0.29) is 12.5 Å². The fourth-order valence-corrected chi connectivity index (χ4v) is 2.65. The zero-order chi connectivity index (χ0) is 14.5. The number of ether oxygens (including phenoxy) is 1. The maximum absolute atomic E-state index is 11.9. The maximum Gasteiger partial charge on any atom is 0.248 e. The number of methoxy groups -OCH3 is 1. The van der Waals surface area contributed by atoms with Gasteiger partial charge in [-0.05, 0) is 29.5 Å². The van der Waals surface area contributed by atoms with Gasteiger partial charge in [-0.15, -0.1) is 0 Å². The van der Waals surface area contributed by atoms with Crippen LogP contribution in [0, 0.1) is 0 Å². The number of carbonyl (C=O) groups is 1. The van der Waals surface area contributed by atoms with Gasteiger partial charge in [-0.1, -0.05) is 31.5 Å². The Labute approximate surface area is 120 Å². The first-order valence-electron chi connectivity index (χ1n) is 7.22. The lowest BCUT2D eigenvalue weighted by Crippen LogP contribution is -2.38. The highest BCUT2D eigenvalue weighted by atomic mass is 16.5. The molecule has 1 aliphatic heterocycles. The topological polar surface area (TPSA) is 49.8 Å². The summed E-state index contributed by atoms with van der Waals surface area (Å²) in [5, 5.41) is 10.1. The van der Waals surface area contributed by atoms with Crippen LogP contribution in [0.3, 0.4) is 0 Å². The summed E-state index contributed by atoms with van der Waals surface area (Å²) in [6.45, 7) is 3.55. The first-order valence-corrected chi connectivity index (χ1v) is 7.22. The van der Waals surface area contributed by atoms with Crippen molar-refractivity contribution in [1.82, 2.24) is 4.90 Å². The summed E-state index contributed by atoms with van der Waals surface area (Å²) in [6, 6.07) is 6.13.